The summed E-state index contributed by atoms with van der Waals surface area (Å²) in [5.41, 5.74) is -0.0705. The van der Waals surface area contributed by atoms with Gasteiger partial charge in [0.2, 0.25) is 0 Å². The number of hydrogen-bond donors (Lipinski definition) is 1. The summed E-state index contributed by atoms with van der Waals surface area (Å²) < 4.78 is 11.0. The van der Waals surface area contributed by atoms with E-state index in [2.05, 4.69) is 5.32 Å². The van der Waals surface area contributed by atoms with Gasteiger partial charge in [0.25, 0.3) is 5.91 Å². The van der Waals surface area contributed by atoms with E-state index in [4.69, 9.17) is 9.47 Å². The first-order valence-electron chi connectivity index (χ1n) is 8.25. The lowest BCUT2D eigenvalue weighted by Gasteiger charge is -2.42. The van der Waals surface area contributed by atoms with Gasteiger partial charge in [0.05, 0.1) is 10.8 Å². The highest BCUT2D eigenvalue weighted by atomic mass is 32.2. The van der Waals surface area contributed by atoms with Gasteiger partial charge in [-0.25, -0.2) is 0 Å². The molecule has 0 radical (unpaired) electrons. The molecule has 0 aromatic heterocycles. The zero-order chi connectivity index (χ0) is 18.0. The van der Waals surface area contributed by atoms with Crippen molar-refractivity contribution in [1.82, 2.24) is 5.32 Å². The number of nitrogens with one attached hydrogen (secondary N) is 1. The molecule has 1 amide bonds. The number of thioether (sulfide) groups is 1. The van der Waals surface area contributed by atoms with E-state index in [1.54, 1.807) is 36.0 Å². The SMILES string of the molecule is CC(=O)O[C@@H]1CC[C@@]2(NC(=O)c3ccccc3)CS[C@H]1[C@@H]2OC(C)=O. The molecule has 1 N–H and O–H groups in total. The highest BCUT2D eigenvalue weighted by Crippen LogP contribution is 2.47. The van der Waals surface area contributed by atoms with Crippen LogP contribution < -0.4 is 5.32 Å². The van der Waals surface area contributed by atoms with Crippen LogP contribution in [0.2, 0.25) is 0 Å². The van der Waals surface area contributed by atoms with Crippen LogP contribution in [-0.4, -0.2) is 46.6 Å². The molecule has 1 heterocycles. The largest absolute Gasteiger partial charge is 0.461 e. The van der Waals surface area contributed by atoms with E-state index in [1.807, 2.05) is 6.07 Å². The first-order valence-corrected chi connectivity index (χ1v) is 9.30. The predicted molar refractivity (Wildman–Crippen MR) is 93.2 cm³/mol. The van der Waals surface area contributed by atoms with E-state index in [9.17, 15) is 14.4 Å². The Morgan fingerprint density at radius 2 is 1.80 bits per heavy atom. The average Bonchev–Trinajstić information content (AvgIpc) is 2.79. The molecule has 0 unspecified atom stereocenters. The van der Waals surface area contributed by atoms with Gasteiger partial charge in [0, 0.05) is 25.2 Å². The lowest BCUT2D eigenvalue weighted by molar-refractivity contribution is -0.159. The Labute approximate surface area is 150 Å². The topological polar surface area (TPSA) is 81.7 Å². The summed E-state index contributed by atoms with van der Waals surface area (Å²) in [6.45, 7) is 2.73. The van der Waals surface area contributed by atoms with Crippen LogP contribution in [0.3, 0.4) is 0 Å². The van der Waals surface area contributed by atoms with Gasteiger partial charge in [0.15, 0.2) is 0 Å². The Morgan fingerprint density at radius 3 is 2.44 bits per heavy atom. The number of ether oxygens (including phenoxy) is 2. The van der Waals surface area contributed by atoms with Gasteiger partial charge in [-0.3, -0.25) is 14.4 Å². The molecule has 1 saturated carbocycles. The zero-order valence-electron chi connectivity index (χ0n) is 14.2. The van der Waals surface area contributed by atoms with Crippen molar-refractivity contribution in [1.29, 1.82) is 0 Å². The van der Waals surface area contributed by atoms with Crippen LogP contribution in [0.4, 0.5) is 0 Å². The standard InChI is InChI=1S/C18H21NO5S/c1-11(20)23-14-8-9-18(10-25-15(14)16(18)24-12(2)21)19-17(22)13-6-4-3-5-7-13/h3-7,14-16H,8-10H2,1-2H3,(H,19,22)/t14-,15-,16+,18-/m1/s1. The van der Waals surface area contributed by atoms with Crippen molar-refractivity contribution >= 4 is 29.6 Å². The van der Waals surface area contributed by atoms with Crippen LogP contribution >= 0.6 is 11.8 Å². The second kappa shape index (κ2) is 7.07. The second-order valence-corrected chi connectivity index (χ2v) is 7.63. The summed E-state index contributed by atoms with van der Waals surface area (Å²) in [4.78, 5) is 35.6. The molecule has 2 bridgehead atoms. The molecule has 6 nitrogen and oxygen atoms in total. The fourth-order valence-electron chi connectivity index (χ4n) is 3.57. The number of carbonyl (C=O) groups is 3. The monoisotopic (exact) mass is 363 g/mol. The number of carbonyl (C=O) groups excluding carboxylic acids is 3. The summed E-state index contributed by atoms with van der Waals surface area (Å²) in [6.07, 6.45) is 0.395. The molecular formula is C18H21NO5S. The minimum Gasteiger partial charge on any atom is -0.461 e. The molecule has 2 aliphatic rings. The van der Waals surface area contributed by atoms with Gasteiger partial charge in [-0.1, -0.05) is 18.2 Å². The van der Waals surface area contributed by atoms with Gasteiger partial charge in [-0.15, -0.1) is 11.8 Å². The first kappa shape index (κ1) is 17.8. The summed E-state index contributed by atoms with van der Waals surface area (Å²) >= 11 is 1.58. The normalized spacial score (nSPS) is 30.4. The molecule has 134 valence electrons. The van der Waals surface area contributed by atoms with Crippen LogP contribution in [0.15, 0.2) is 30.3 Å². The maximum Gasteiger partial charge on any atom is 0.303 e. The quantitative estimate of drug-likeness (QED) is 0.823. The van der Waals surface area contributed by atoms with Crippen LogP contribution in [0.1, 0.15) is 37.0 Å². The van der Waals surface area contributed by atoms with Gasteiger partial charge >= 0.3 is 11.9 Å². The van der Waals surface area contributed by atoms with Crippen LogP contribution in [-0.2, 0) is 19.1 Å². The minimum atomic E-state index is -0.634. The van der Waals surface area contributed by atoms with E-state index in [0.29, 0.717) is 24.2 Å². The number of hydrogen-bond acceptors (Lipinski definition) is 6. The number of fused-ring (bicyclic) bond motifs is 2. The molecule has 1 aromatic carbocycles. The van der Waals surface area contributed by atoms with Crippen molar-refractivity contribution in [2.24, 2.45) is 0 Å². The molecule has 4 atom stereocenters. The van der Waals surface area contributed by atoms with Crippen molar-refractivity contribution in [2.75, 3.05) is 5.75 Å². The van der Waals surface area contributed by atoms with Crippen molar-refractivity contribution in [3.63, 3.8) is 0 Å². The molecule has 1 saturated heterocycles. The highest BCUT2D eigenvalue weighted by molar-refractivity contribution is 8.00. The molecule has 1 aliphatic heterocycles. The highest BCUT2D eigenvalue weighted by Gasteiger charge is 2.58. The van der Waals surface area contributed by atoms with E-state index >= 15 is 0 Å². The fraction of sp³-hybridized carbons (Fsp3) is 0.500. The van der Waals surface area contributed by atoms with Gasteiger partial charge in [0.1, 0.15) is 12.2 Å². The maximum atomic E-state index is 12.6. The first-order chi connectivity index (χ1) is 11.9. The Morgan fingerprint density at radius 1 is 1.12 bits per heavy atom. The number of benzene rings is 1. The van der Waals surface area contributed by atoms with E-state index in [0.717, 1.165) is 0 Å². The summed E-state index contributed by atoms with van der Waals surface area (Å²) in [7, 11) is 0. The molecule has 3 rings (SSSR count). The number of amides is 1. The van der Waals surface area contributed by atoms with Crippen LogP contribution in [0.5, 0.6) is 0 Å². The Balaban J connectivity index is 1.82. The third-order valence-corrected chi connectivity index (χ3v) is 6.24. The fourth-order valence-corrected chi connectivity index (χ4v) is 5.33. The summed E-state index contributed by atoms with van der Waals surface area (Å²) in [6, 6.07) is 8.95. The van der Waals surface area contributed by atoms with E-state index in [-0.39, 0.29) is 23.2 Å². The number of rotatable bonds is 4. The van der Waals surface area contributed by atoms with Crippen molar-refractivity contribution in [2.45, 2.75) is 49.7 Å². The molecule has 25 heavy (non-hydrogen) atoms. The van der Waals surface area contributed by atoms with Gasteiger partial charge in [-0.2, -0.15) is 0 Å². The van der Waals surface area contributed by atoms with Crippen LogP contribution in [0.25, 0.3) is 0 Å². The lowest BCUT2D eigenvalue weighted by atomic mass is 9.78. The second-order valence-electron chi connectivity index (χ2n) is 6.47. The molecule has 2 fully saturated rings. The summed E-state index contributed by atoms with van der Waals surface area (Å²) in [5, 5.41) is 2.92. The zero-order valence-corrected chi connectivity index (χ0v) is 15.0. The van der Waals surface area contributed by atoms with E-state index in [1.165, 1.54) is 13.8 Å². The maximum absolute atomic E-state index is 12.6. The smallest absolute Gasteiger partial charge is 0.303 e. The lowest BCUT2D eigenvalue weighted by Crippen LogP contribution is -2.63. The van der Waals surface area contributed by atoms with Crippen LogP contribution in [0, 0.1) is 0 Å². The molecule has 7 heteroatoms. The minimum absolute atomic E-state index is 0.169. The molecule has 0 spiro atoms. The third-order valence-electron chi connectivity index (χ3n) is 4.63. The van der Waals surface area contributed by atoms with Crippen molar-refractivity contribution in [3.8, 4) is 0 Å². The third kappa shape index (κ3) is 3.66. The predicted octanol–water partition coefficient (Wildman–Crippen LogP) is 1.93. The Hall–Kier alpha value is -2.02. The number of esters is 2. The van der Waals surface area contributed by atoms with Crippen molar-refractivity contribution in [3.05, 3.63) is 35.9 Å². The average molecular weight is 363 g/mol. The Bertz CT molecular complexity index is 679. The molecule has 1 aromatic rings. The van der Waals surface area contributed by atoms with E-state index < -0.39 is 17.6 Å². The van der Waals surface area contributed by atoms with Gasteiger partial charge < -0.3 is 14.8 Å². The molecule has 1 aliphatic carbocycles. The summed E-state index contributed by atoms with van der Waals surface area (Å²) in [5.74, 6) is -0.324. The Kier molecular flexibility index (Phi) is 5.03. The van der Waals surface area contributed by atoms with Crippen molar-refractivity contribution < 1.29 is 23.9 Å². The molecular weight excluding hydrogens is 342 g/mol. The van der Waals surface area contributed by atoms with Gasteiger partial charge in [-0.05, 0) is 25.0 Å².